The Bertz CT molecular complexity index is 1010. The summed E-state index contributed by atoms with van der Waals surface area (Å²) in [4.78, 5) is 25.2. The molecule has 0 saturated carbocycles. The molecule has 2 aromatic rings. The summed E-state index contributed by atoms with van der Waals surface area (Å²) >= 11 is 12.7. The number of hydrogen-bond acceptors (Lipinski definition) is 7. The molecular formula is C19H17Cl2NO6. The standard InChI is InChI=1S/C19H17Cl2NO6/c1-8(2)26-19(25)15-14(13-10(20)4-3-5-11(13)21)17-16(28-18(15)22)12(24)6-9(7-23)27-17/h3-6,8,14,23H,7,22H2,1-2H3. The number of esters is 1. The Balaban J connectivity index is 2.33. The van der Waals surface area contributed by atoms with Gasteiger partial charge in [0.25, 0.3) is 0 Å². The molecule has 7 nitrogen and oxygen atoms in total. The number of hydrogen-bond donors (Lipinski definition) is 2. The van der Waals surface area contributed by atoms with E-state index in [-0.39, 0.29) is 38.8 Å². The second-order valence-electron chi connectivity index (χ2n) is 6.33. The average molecular weight is 426 g/mol. The molecule has 28 heavy (non-hydrogen) atoms. The summed E-state index contributed by atoms with van der Waals surface area (Å²) in [6, 6.07) is 5.86. The van der Waals surface area contributed by atoms with E-state index >= 15 is 0 Å². The molecule has 3 N–H and O–H groups in total. The third kappa shape index (κ3) is 3.61. The van der Waals surface area contributed by atoms with Crippen molar-refractivity contribution in [3.8, 4) is 5.75 Å². The van der Waals surface area contributed by atoms with Crippen LogP contribution in [0.4, 0.5) is 0 Å². The number of fused-ring (bicyclic) bond motifs is 1. The topological polar surface area (TPSA) is 112 Å². The van der Waals surface area contributed by atoms with Crippen LogP contribution in [0.2, 0.25) is 10.0 Å². The van der Waals surface area contributed by atoms with Crippen molar-refractivity contribution in [2.45, 2.75) is 32.5 Å². The summed E-state index contributed by atoms with van der Waals surface area (Å²) in [5.74, 6) is -2.42. The van der Waals surface area contributed by atoms with Gasteiger partial charge in [0.05, 0.1) is 12.0 Å². The predicted octanol–water partition coefficient (Wildman–Crippen LogP) is 3.09. The van der Waals surface area contributed by atoms with Crippen molar-refractivity contribution in [2.24, 2.45) is 5.73 Å². The van der Waals surface area contributed by atoms with Gasteiger partial charge in [0, 0.05) is 21.7 Å². The summed E-state index contributed by atoms with van der Waals surface area (Å²) in [7, 11) is 0. The van der Waals surface area contributed by atoms with Gasteiger partial charge in [-0.15, -0.1) is 0 Å². The Kier molecular flexibility index (Phi) is 5.69. The van der Waals surface area contributed by atoms with Crippen molar-refractivity contribution in [2.75, 3.05) is 0 Å². The van der Waals surface area contributed by atoms with Crippen molar-refractivity contribution in [1.82, 2.24) is 0 Å². The normalized spacial score (nSPS) is 16.0. The van der Waals surface area contributed by atoms with Crippen LogP contribution in [0, 0.1) is 0 Å². The summed E-state index contributed by atoms with van der Waals surface area (Å²) < 4.78 is 16.3. The number of benzene rings is 1. The van der Waals surface area contributed by atoms with Gasteiger partial charge in [0.15, 0.2) is 5.76 Å². The average Bonchev–Trinajstić information content (AvgIpc) is 2.61. The second-order valence-corrected chi connectivity index (χ2v) is 7.15. The Hall–Kier alpha value is -2.48. The maximum Gasteiger partial charge on any atom is 0.340 e. The van der Waals surface area contributed by atoms with E-state index in [4.69, 9.17) is 42.8 Å². The molecule has 1 atom stereocenters. The fraction of sp³-hybridized carbons (Fsp3) is 0.263. The molecule has 1 aromatic carbocycles. The van der Waals surface area contributed by atoms with Crippen LogP contribution in [0.5, 0.6) is 5.75 Å². The minimum absolute atomic E-state index is 0.0161. The lowest BCUT2D eigenvalue weighted by Crippen LogP contribution is -2.31. The monoisotopic (exact) mass is 425 g/mol. The zero-order chi connectivity index (χ0) is 20.6. The highest BCUT2D eigenvalue weighted by Gasteiger charge is 2.41. The smallest absolute Gasteiger partial charge is 0.340 e. The maximum atomic E-state index is 12.8. The molecule has 0 saturated heterocycles. The van der Waals surface area contributed by atoms with Gasteiger partial charge in [-0.1, -0.05) is 29.3 Å². The van der Waals surface area contributed by atoms with E-state index in [2.05, 4.69) is 0 Å². The van der Waals surface area contributed by atoms with Crippen LogP contribution in [0.1, 0.15) is 36.8 Å². The van der Waals surface area contributed by atoms with E-state index in [0.29, 0.717) is 5.56 Å². The first-order valence-corrected chi connectivity index (χ1v) is 9.10. The second kappa shape index (κ2) is 7.87. The first-order chi connectivity index (χ1) is 13.2. The van der Waals surface area contributed by atoms with E-state index in [0.717, 1.165) is 6.07 Å². The fourth-order valence-corrected chi connectivity index (χ4v) is 3.53. The van der Waals surface area contributed by atoms with Crippen LogP contribution in [-0.2, 0) is 16.1 Å². The van der Waals surface area contributed by atoms with Gasteiger partial charge in [-0.05, 0) is 26.0 Å². The van der Waals surface area contributed by atoms with Crippen LogP contribution >= 0.6 is 23.2 Å². The molecule has 0 amide bonds. The minimum atomic E-state index is -1.06. The lowest BCUT2D eigenvalue weighted by atomic mass is 9.86. The van der Waals surface area contributed by atoms with Crippen LogP contribution in [0.15, 0.2) is 44.9 Å². The van der Waals surface area contributed by atoms with Crippen LogP contribution in [0.25, 0.3) is 0 Å². The number of halogens is 2. The van der Waals surface area contributed by atoms with Crippen LogP contribution in [-0.4, -0.2) is 17.2 Å². The van der Waals surface area contributed by atoms with Crippen molar-refractivity contribution in [3.05, 3.63) is 73.1 Å². The van der Waals surface area contributed by atoms with Crippen molar-refractivity contribution < 1.29 is 23.8 Å². The molecule has 0 radical (unpaired) electrons. The number of carbonyl (C=O) groups excluding carboxylic acids is 1. The van der Waals surface area contributed by atoms with Gasteiger partial charge in [-0.3, -0.25) is 4.79 Å². The lowest BCUT2D eigenvalue weighted by molar-refractivity contribution is -0.143. The van der Waals surface area contributed by atoms with Crippen LogP contribution in [0.3, 0.4) is 0 Å². The highest BCUT2D eigenvalue weighted by Crippen LogP contribution is 2.46. The zero-order valence-corrected chi connectivity index (χ0v) is 16.5. The first-order valence-electron chi connectivity index (χ1n) is 8.34. The Morgan fingerprint density at radius 1 is 1.32 bits per heavy atom. The molecule has 0 fully saturated rings. The predicted molar refractivity (Wildman–Crippen MR) is 102 cm³/mol. The van der Waals surface area contributed by atoms with Gasteiger partial charge in [0.2, 0.25) is 17.1 Å². The zero-order valence-electron chi connectivity index (χ0n) is 15.0. The molecule has 9 heteroatoms. The van der Waals surface area contributed by atoms with E-state index in [1.165, 1.54) is 0 Å². The number of rotatable bonds is 4. The van der Waals surface area contributed by atoms with Gasteiger partial charge >= 0.3 is 5.97 Å². The van der Waals surface area contributed by atoms with E-state index < -0.39 is 30.0 Å². The Morgan fingerprint density at radius 2 is 1.96 bits per heavy atom. The lowest BCUT2D eigenvalue weighted by Gasteiger charge is -2.28. The number of ether oxygens (including phenoxy) is 2. The Morgan fingerprint density at radius 3 is 2.54 bits per heavy atom. The number of carbonyl (C=O) groups is 1. The van der Waals surface area contributed by atoms with E-state index in [1.807, 2.05) is 0 Å². The molecule has 1 aromatic heterocycles. The number of aliphatic hydroxyl groups is 1. The summed E-state index contributed by atoms with van der Waals surface area (Å²) in [5, 5.41) is 9.88. The third-order valence-electron chi connectivity index (χ3n) is 4.02. The van der Waals surface area contributed by atoms with Gasteiger partial charge in [0.1, 0.15) is 17.9 Å². The SMILES string of the molecule is CC(C)OC(=O)C1=C(N)Oc2c(oc(CO)cc2=O)C1c1c(Cl)cccc1Cl. The molecule has 1 aliphatic heterocycles. The molecule has 0 spiro atoms. The highest BCUT2D eigenvalue weighted by molar-refractivity contribution is 6.36. The maximum absolute atomic E-state index is 12.8. The molecule has 3 rings (SSSR count). The number of nitrogens with two attached hydrogens (primary N) is 1. The Labute approximate surface area is 170 Å². The third-order valence-corrected chi connectivity index (χ3v) is 4.68. The quantitative estimate of drug-likeness (QED) is 0.723. The summed E-state index contributed by atoms with van der Waals surface area (Å²) in [5.41, 5.74) is 5.60. The fourth-order valence-electron chi connectivity index (χ4n) is 2.91. The highest BCUT2D eigenvalue weighted by atomic mass is 35.5. The molecule has 1 aliphatic rings. The summed E-state index contributed by atoms with van der Waals surface area (Å²) in [6.07, 6.45) is -0.438. The first kappa shape index (κ1) is 20.3. The molecular weight excluding hydrogens is 409 g/mol. The molecule has 148 valence electrons. The van der Waals surface area contributed by atoms with Gasteiger partial charge in [-0.25, -0.2) is 4.79 Å². The number of aliphatic hydroxyl groups excluding tert-OH is 1. The van der Waals surface area contributed by atoms with Crippen molar-refractivity contribution >= 4 is 29.2 Å². The van der Waals surface area contributed by atoms with Gasteiger partial charge in [-0.2, -0.15) is 0 Å². The van der Waals surface area contributed by atoms with E-state index in [9.17, 15) is 14.7 Å². The largest absolute Gasteiger partial charge is 0.459 e. The minimum Gasteiger partial charge on any atom is -0.459 e. The molecule has 0 aliphatic carbocycles. The summed E-state index contributed by atoms with van der Waals surface area (Å²) in [6.45, 7) is 2.82. The van der Waals surface area contributed by atoms with Crippen molar-refractivity contribution in [3.63, 3.8) is 0 Å². The van der Waals surface area contributed by atoms with Crippen molar-refractivity contribution in [1.29, 1.82) is 0 Å². The van der Waals surface area contributed by atoms with E-state index in [1.54, 1.807) is 32.0 Å². The van der Waals surface area contributed by atoms with Gasteiger partial charge < -0.3 is 24.7 Å². The molecule has 1 unspecified atom stereocenters. The molecule has 0 bridgehead atoms. The molecule has 2 heterocycles. The van der Waals surface area contributed by atoms with Crippen LogP contribution < -0.4 is 15.9 Å².